The highest BCUT2D eigenvalue weighted by Gasteiger charge is 2.20. The SMILES string of the molecule is CCN(C)C(=O)C(C)NC(=O)c1ccncc1O. The fourth-order valence-electron chi connectivity index (χ4n) is 1.40. The Bertz CT molecular complexity index is 448. The van der Waals surface area contributed by atoms with Gasteiger partial charge in [-0.15, -0.1) is 0 Å². The molecule has 0 aromatic carbocycles. The number of carbonyl (C=O) groups is 2. The molecule has 0 radical (unpaired) electrons. The second kappa shape index (κ2) is 6.00. The Morgan fingerprint density at radius 3 is 2.78 bits per heavy atom. The zero-order valence-electron chi connectivity index (χ0n) is 10.7. The van der Waals surface area contributed by atoms with Crippen molar-refractivity contribution in [3.8, 4) is 5.75 Å². The van der Waals surface area contributed by atoms with E-state index in [9.17, 15) is 14.7 Å². The molecule has 98 valence electrons. The summed E-state index contributed by atoms with van der Waals surface area (Å²) in [7, 11) is 1.66. The molecular weight excluding hydrogens is 234 g/mol. The van der Waals surface area contributed by atoms with Crippen LogP contribution in [0.4, 0.5) is 0 Å². The number of likely N-dealkylation sites (N-methyl/N-ethyl adjacent to an activating group) is 1. The largest absolute Gasteiger partial charge is 0.505 e. The van der Waals surface area contributed by atoms with Crippen molar-refractivity contribution >= 4 is 11.8 Å². The first-order valence-corrected chi connectivity index (χ1v) is 5.66. The molecule has 1 aromatic heterocycles. The normalized spacial score (nSPS) is 11.7. The van der Waals surface area contributed by atoms with Gasteiger partial charge in [-0.25, -0.2) is 0 Å². The van der Waals surface area contributed by atoms with Crippen LogP contribution < -0.4 is 5.32 Å². The van der Waals surface area contributed by atoms with E-state index in [-0.39, 0.29) is 17.2 Å². The number of aromatic hydroxyl groups is 1. The molecule has 0 saturated carbocycles. The van der Waals surface area contributed by atoms with Crippen LogP contribution in [0.25, 0.3) is 0 Å². The lowest BCUT2D eigenvalue weighted by Crippen LogP contribution is -2.45. The fourth-order valence-corrected chi connectivity index (χ4v) is 1.40. The topological polar surface area (TPSA) is 82.5 Å². The van der Waals surface area contributed by atoms with E-state index < -0.39 is 11.9 Å². The first kappa shape index (κ1) is 14.0. The zero-order valence-corrected chi connectivity index (χ0v) is 10.7. The van der Waals surface area contributed by atoms with Crippen LogP contribution in [-0.4, -0.2) is 46.4 Å². The molecule has 6 heteroatoms. The molecule has 18 heavy (non-hydrogen) atoms. The molecule has 1 unspecified atom stereocenters. The van der Waals surface area contributed by atoms with E-state index in [1.165, 1.54) is 23.4 Å². The minimum atomic E-state index is -0.644. The molecule has 0 aliphatic rings. The van der Waals surface area contributed by atoms with Crippen LogP contribution in [0.1, 0.15) is 24.2 Å². The summed E-state index contributed by atoms with van der Waals surface area (Å²) < 4.78 is 0. The average Bonchev–Trinajstić information content (AvgIpc) is 2.37. The van der Waals surface area contributed by atoms with Crippen molar-refractivity contribution in [1.82, 2.24) is 15.2 Å². The maximum atomic E-state index is 11.8. The summed E-state index contributed by atoms with van der Waals surface area (Å²) in [5.41, 5.74) is 0.101. The molecule has 2 N–H and O–H groups in total. The van der Waals surface area contributed by atoms with Gasteiger partial charge in [-0.3, -0.25) is 14.6 Å². The maximum absolute atomic E-state index is 11.8. The molecular formula is C12H17N3O3. The number of pyridine rings is 1. The van der Waals surface area contributed by atoms with Gasteiger partial charge in [0.05, 0.1) is 11.8 Å². The van der Waals surface area contributed by atoms with Gasteiger partial charge in [-0.2, -0.15) is 0 Å². The quantitative estimate of drug-likeness (QED) is 0.810. The first-order chi connectivity index (χ1) is 8.47. The monoisotopic (exact) mass is 251 g/mol. The molecule has 0 aliphatic carbocycles. The predicted molar refractivity (Wildman–Crippen MR) is 66.1 cm³/mol. The standard InChI is InChI=1S/C12H17N3O3/c1-4-15(3)12(18)8(2)14-11(17)9-5-6-13-7-10(9)16/h5-8,16H,4H2,1-3H3,(H,14,17). The molecule has 2 amide bonds. The third-order valence-electron chi connectivity index (χ3n) is 2.61. The summed E-state index contributed by atoms with van der Waals surface area (Å²) >= 11 is 0. The van der Waals surface area contributed by atoms with Gasteiger partial charge in [0.15, 0.2) is 0 Å². The smallest absolute Gasteiger partial charge is 0.255 e. The van der Waals surface area contributed by atoms with Crippen molar-refractivity contribution < 1.29 is 14.7 Å². The molecule has 0 bridgehead atoms. The third kappa shape index (κ3) is 3.19. The Morgan fingerprint density at radius 1 is 1.56 bits per heavy atom. The highest BCUT2D eigenvalue weighted by molar-refractivity contribution is 5.99. The number of hydrogen-bond donors (Lipinski definition) is 2. The summed E-state index contributed by atoms with van der Waals surface area (Å²) in [4.78, 5) is 28.8. The van der Waals surface area contributed by atoms with Gasteiger partial charge >= 0.3 is 0 Å². The van der Waals surface area contributed by atoms with Crippen LogP contribution in [-0.2, 0) is 4.79 Å². The van der Waals surface area contributed by atoms with Gasteiger partial charge in [0.25, 0.3) is 5.91 Å². The summed E-state index contributed by atoms with van der Waals surface area (Å²) in [6.45, 7) is 4.02. The van der Waals surface area contributed by atoms with E-state index in [0.29, 0.717) is 6.54 Å². The molecule has 0 aliphatic heterocycles. The van der Waals surface area contributed by atoms with Gasteiger partial charge in [0.2, 0.25) is 5.91 Å². The minimum Gasteiger partial charge on any atom is -0.505 e. The van der Waals surface area contributed by atoms with Crippen molar-refractivity contribution in [2.45, 2.75) is 19.9 Å². The number of amides is 2. The first-order valence-electron chi connectivity index (χ1n) is 5.66. The molecule has 0 fully saturated rings. The Labute approximate surface area is 106 Å². The van der Waals surface area contributed by atoms with Gasteiger partial charge in [-0.05, 0) is 19.9 Å². The summed E-state index contributed by atoms with van der Waals surface area (Å²) in [6, 6.07) is 0.751. The van der Waals surface area contributed by atoms with Crippen LogP contribution in [0.2, 0.25) is 0 Å². The Kier molecular flexibility index (Phi) is 4.65. The highest BCUT2D eigenvalue weighted by atomic mass is 16.3. The minimum absolute atomic E-state index is 0.101. The summed E-state index contributed by atoms with van der Waals surface area (Å²) in [5.74, 6) is -0.891. The number of carbonyl (C=O) groups excluding carboxylic acids is 2. The number of rotatable bonds is 4. The van der Waals surface area contributed by atoms with E-state index in [1.54, 1.807) is 14.0 Å². The highest BCUT2D eigenvalue weighted by Crippen LogP contribution is 2.13. The lowest BCUT2D eigenvalue weighted by atomic mass is 10.2. The Hall–Kier alpha value is -2.11. The lowest BCUT2D eigenvalue weighted by Gasteiger charge is -2.20. The van der Waals surface area contributed by atoms with Crippen molar-refractivity contribution in [2.24, 2.45) is 0 Å². The fraction of sp³-hybridized carbons (Fsp3) is 0.417. The van der Waals surface area contributed by atoms with E-state index in [1.807, 2.05) is 6.92 Å². The zero-order chi connectivity index (χ0) is 13.7. The molecule has 0 spiro atoms. The molecule has 0 saturated heterocycles. The van der Waals surface area contributed by atoms with Gasteiger partial charge in [0, 0.05) is 19.8 Å². The molecule has 6 nitrogen and oxygen atoms in total. The maximum Gasteiger partial charge on any atom is 0.255 e. The number of nitrogens with zero attached hydrogens (tertiary/aromatic N) is 2. The van der Waals surface area contributed by atoms with Crippen LogP contribution in [0.5, 0.6) is 5.75 Å². The lowest BCUT2D eigenvalue weighted by molar-refractivity contribution is -0.131. The van der Waals surface area contributed by atoms with E-state index in [0.717, 1.165) is 0 Å². The Morgan fingerprint density at radius 2 is 2.22 bits per heavy atom. The molecule has 1 heterocycles. The molecule has 1 rings (SSSR count). The van der Waals surface area contributed by atoms with Gasteiger partial charge in [0.1, 0.15) is 11.8 Å². The van der Waals surface area contributed by atoms with Crippen molar-refractivity contribution in [2.75, 3.05) is 13.6 Å². The predicted octanol–water partition coefficient (Wildman–Crippen LogP) is 0.384. The van der Waals surface area contributed by atoms with E-state index >= 15 is 0 Å². The molecule has 1 atom stereocenters. The van der Waals surface area contributed by atoms with Gasteiger partial charge < -0.3 is 15.3 Å². The van der Waals surface area contributed by atoms with E-state index in [2.05, 4.69) is 10.3 Å². The second-order valence-electron chi connectivity index (χ2n) is 3.94. The van der Waals surface area contributed by atoms with Crippen molar-refractivity contribution in [3.05, 3.63) is 24.0 Å². The number of nitrogens with one attached hydrogen (secondary N) is 1. The van der Waals surface area contributed by atoms with E-state index in [4.69, 9.17) is 0 Å². The van der Waals surface area contributed by atoms with Crippen LogP contribution in [0.3, 0.4) is 0 Å². The summed E-state index contributed by atoms with van der Waals surface area (Å²) in [5, 5.41) is 12.0. The third-order valence-corrected chi connectivity index (χ3v) is 2.61. The number of hydrogen-bond acceptors (Lipinski definition) is 4. The molecule has 1 aromatic rings. The van der Waals surface area contributed by atoms with Gasteiger partial charge in [-0.1, -0.05) is 0 Å². The average molecular weight is 251 g/mol. The van der Waals surface area contributed by atoms with Crippen LogP contribution in [0, 0.1) is 0 Å². The van der Waals surface area contributed by atoms with Crippen molar-refractivity contribution in [1.29, 1.82) is 0 Å². The van der Waals surface area contributed by atoms with Crippen molar-refractivity contribution in [3.63, 3.8) is 0 Å². The second-order valence-corrected chi connectivity index (χ2v) is 3.94. The Balaban J connectivity index is 2.71. The van der Waals surface area contributed by atoms with Crippen LogP contribution >= 0.6 is 0 Å². The summed E-state index contributed by atoms with van der Waals surface area (Å²) in [6.07, 6.45) is 2.58. The number of aromatic nitrogens is 1. The van der Waals surface area contributed by atoms with Crippen LogP contribution in [0.15, 0.2) is 18.5 Å².